The minimum absolute atomic E-state index is 0.143. The molecule has 0 spiro atoms. The Kier molecular flexibility index (Phi) is 8.27. The number of rotatable bonds is 10. The summed E-state index contributed by atoms with van der Waals surface area (Å²) in [4.78, 5) is 13.8. The second-order valence-electron chi connectivity index (χ2n) is 5.73. The second-order valence-corrected chi connectivity index (χ2v) is 7.07. The molecule has 7 heteroatoms. The summed E-state index contributed by atoms with van der Waals surface area (Å²) in [5, 5.41) is 0. The average molecular weight is 419 g/mol. The Balaban J connectivity index is 2.51. The summed E-state index contributed by atoms with van der Waals surface area (Å²) < 4.78 is 27.4. The molecule has 6 nitrogen and oxygen atoms in total. The summed E-state index contributed by atoms with van der Waals surface area (Å²) in [5.74, 6) is 2.63. The summed E-state index contributed by atoms with van der Waals surface area (Å²) in [6.07, 6.45) is 3.09. The van der Waals surface area contributed by atoms with E-state index in [9.17, 15) is 4.79 Å². The van der Waals surface area contributed by atoms with E-state index in [0.29, 0.717) is 39.9 Å². The Labute approximate surface area is 175 Å². The molecule has 156 valence electrons. The van der Waals surface area contributed by atoms with Crippen molar-refractivity contribution in [1.29, 1.82) is 0 Å². The van der Waals surface area contributed by atoms with Crippen LogP contribution < -0.4 is 23.7 Å². The van der Waals surface area contributed by atoms with Gasteiger partial charge in [0.25, 0.3) is 0 Å². The van der Waals surface area contributed by atoms with Crippen molar-refractivity contribution >= 4 is 23.6 Å². The fourth-order valence-corrected chi connectivity index (χ4v) is 3.57. The molecule has 2 aromatic rings. The predicted octanol–water partition coefficient (Wildman–Crippen LogP) is 4.74. The number of carbonyl (C=O) groups excluding carboxylic acids is 1. The molecule has 0 unspecified atom stereocenters. The van der Waals surface area contributed by atoms with Gasteiger partial charge < -0.3 is 23.7 Å². The molecule has 2 aromatic carbocycles. The highest BCUT2D eigenvalue weighted by Gasteiger charge is 2.27. The molecular formula is C22H26O6S. The molecule has 29 heavy (non-hydrogen) atoms. The van der Waals surface area contributed by atoms with Gasteiger partial charge in [-0.2, -0.15) is 0 Å². The van der Waals surface area contributed by atoms with Gasteiger partial charge in [0, 0.05) is 10.5 Å². The standard InChI is InChI=1S/C22H26O6S/c1-7-29-15-10-8-14(9-11-15)17(23)13-12-16-18(24-2)20(26-4)22(28-6)21(27-5)19(16)25-3/h8-13H,7H2,1-6H3. The van der Waals surface area contributed by atoms with Crippen LogP contribution in [0.5, 0.6) is 28.7 Å². The van der Waals surface area contributed by atoms with E-state index in [1.165, 1.54) is 41.6 Å². The molecular weight excluding hydrogens is 392 g/mol. The molecule has 0 bridgehead atoms. The van der Waals surface area contributed by atoms with E-state index in [1.54, 1.807) is 17.8 Å². The molecule has 0 aliphatic carbocycles. The van der Waals surface area contributed by atoms with E-state index in [1.807, 2.05) is 24.3 Å². The van der Waals surface area contributed by atoms with Crippen LogP contribution in [0.2, 0.25) is 0 Å². The summed E-state index contributed by atoms with van der Waals surface area (Å²) in [6, 6.07) is 7.51. The zero-order chi connectivity index (χ0) is 21.4. The van der Waals surface area contributed by atoms with E-state index in [4.69, 9.17) is 23.7 Å². The molecule has 2 rings (SSSR count). The van der Waals surface area contributed by atoms with E-state index in [2.05, 4.69) is 6.92 Å². The van der Waals surface area contributed by atoms with Crippen molar-refractivity contribution < 1.29 is 28.5 Å². The summed E-state index contributed by atoms with van der Waals surface area (Å²) in [5.41, 5.74) is 1.10. The number of carbonyl (C=O) groups is 1. The molecule has 0 amide bonds. The van der Waals surface area contributed by atoms with Gasteiger partial charge in [0.15, 0.2) is 17.3 Å². The van der Waals surface area contributed by atoms with E-state index < -0.39 is 0 Å². The van der Waals surface area contributed by atoms with Crippen LogP contribution in [0.15, 0.2) is 35.2 Å². The van der Waals surface area contributed by atoms with Gasteiger partial charge in [0.2, 0.25) is 17.2 Å². The molecule has 0 fully saturated rings. The third-order valence-electron chi connectivity index (χ3n) is 4.19. The molecule has 0 aliphatic heterocycles. The molecule has 0 aromatic heterocycles. The minimum Gasteiger partial charge on any atom is -0.492 e. The minimum atomic E-state index is -0.143. The van der Waals surface area contributed by atoms with Gasteiger partial charge in [0.05, 0.1) is 41.1 Å². The maximum Gasteiger partial charge on any atom is 0.211 e. The first-order valence-corrected chi connectivity index (χ1v) is 9.93. The molecule has 0 heterocycles. The first kappa shape index (κ1) is 22.5. The number of hydrogen-bond acceptors (Lipinski definition) is 7. The predicted molar refractivity (Wildman–Crippen MR) is 115 cm³/mol. The van der Waals surface area contributed by atoms with Crippen molar-refractivity contribution in [2.24, 2.45) is 0 Å². The van der Waals surface area contributed by atoms with Crippen molar-refractivity contribution in [3.63, 3.8) is 0 Å². The highest BCUT2D eigenvalue weighted by Crippen LogP contribution is 2.53. The Hall–Kier alpha value is -2.80. The summed E-state index contributed by atoms with van der Waals surface area (Å²) >= 11 is 1.73. The summed E-state index contributed by atoms with van der Waals surface area (Å²) in [7, 11) is 7.51. The molecule has 0 saturated carbocycles. The maximum absolute atomic E-state index is 12.7. The number of benzene rings is 2. The Bertz CT molecular complexity index is 841. The SMILES string of the molecule is CCSc1ccc(C(=O)C=Cc2c(OC)c(OC)c(OC)c(OC)c2OC)cc1. The smallest absolute Gasteiger partial charge is 0.211 e. The molecule has 0 aliphatic rings. The first-order chi connectivity index (χ1) is 14.1. The summed E-state index contributed by atoms with van der Waals surface area (Å²) in [6.45, 7) is 2.09. The van der Waals surface area contributed by atoms with Crippen LogP contribution in [0.25, 0.3) is 6.08 Å². The highest BCUT2D eigenvalue weighted by molar-refractivity contribution is 7.99. The Morgan fingerprint density at radius 1 is 0.793 bits per heavy atom. The number of ketones is 1. The average Bonchev–Trinajstić information content (AvgIpc) is 2.76. The number of ether oxygens (including phenoxy) is 5. The topological polar surface area (TPSA) is 63.2 Å². The van der Waals surface area contributed by atoms with Crippen LogP contribution in [-0.2, 0) is 0 Å². The monoisotopic (exact) mass is 418 g/mol. The Morgan fingerprint density at radius 2 is 1.24 bits per heavy atom. The third-order valence-corrected chi connectivity index (χ3v) is 5.08. The van der Waals surface area contributed by atoms with Gasteiger partial charge in [0.1, 0.15) is 0 Å². The van der Waals surface area contributed by atoms with Gasteiger partial charge in [-0.1, -0.05) is 6.92 Å². The second kappa shape index (κ2) is 10.7. The fraction of sp³-hybridized carbons (Fsp3) is 0.318. The number of methoxy groups -OCH3 is 5. The lowest BCUT2D eigenvalue weighted by Gasteiger charge is -2.20. The number of hydrogen-bond donors (Lipinski definition) is 0. The van der Waals surface area contributed by atoms with E-state index in [-0.39, 0.29) is 5.78 Å². The van der Waals surface area contributed by atoms with E-state index >= 15 is 0 Å². The molecule has 0 saturated heterocycles. The lowest BCUT2D eigenvalue weighted by Crippen LogP contribution is -2.03. The fourth-order valence-electron chi connectivity index (χ4n) is 2.91. The van der Waals surface area contributed by atoms with Crippen molar-refractivity contribution in [3.8, 4) is 28.7 Å². The number of thioether (sulfide) groups is 1. The van der Waals surface area contributed by atoms with Gasteiger partial charge in [-0.15, -0.1) is 11.8 Å². The van der Waals surface area contributed by atoms with Crippen LogP contribution in [0.3, 0.4) is 0 Å². The van der Waals surface area contributed by atoms with Gasteiger partial charge in [-0.05, 0) is 42.2 Å². The first-order valence-electron chi connectivity index (χ1n) is 8.95. The van der Waals surface area contributed by atoms with Crippen LogP contribution in [-0.4, -0.2) is 47.1 Å². The van der Waals surface area contributed by atoms with Crippen LogP contribution >= 0.6 is 11.8 Å². The maximum atomic E-state index is 12.7. The largest absolute Gasteiger partial charge is 0.492 e. The lowest BCUT2D eigenvalue weighted by molar-refractivity contribution is 0.104. The Morgan fingerprint density at radius 3 is 1.66 bits per heavy atom. The zero-order valence-corrected chi connectivity index (χ0v) is 18.3. The number of allylic oxidation sites excluding steroid dienone is 1. The quantitative estimate of drug-likeness (QED) is 0.314. The zero-order valence-electron chi connectivity index (χ0n) is 17.5. The highest BCUT2D eigenvalue weighted by atomic mass is 32.2. The molecule has 0 N–H and O–H groups in total. The van der Waals surface area contributed by atoms with Gasteiger partial charge >= 0.3 is 0 Å². The van der Waals surface area contributed by atoms with Crippen LogP contribution in [0, 0.1) is 0 Å². The lowest BCUT2D eigenvalue weighted by atomic mass is 10.1. The van der Waals surface area contributed by atoms with Crippen molar-refractivity contribution in [3.05, 3.63) is 41.5 Å². The van der Waals surface area contributed by atoms with Crippen molar-refractivity contribution in [1.82, 2.24) is 0 Å². The van der Waals surface area contributed by atoms with Crippen LogP contribution in [0.1, 0.15) is 22.8 Å². The van der Waals surface area contributed by atoms with Crippen LogP contribution in [0.4, 0.5) is 0 Å². The molecule has 0 radical (unpaired) electrons. The van der Waals surface area contributed by atoms with Crippen molar-refractivity contribution in [2.45, 2.75) is 11.8 Å². The van der Waals surface area contributed by atoms with Gasteiger partial charge in [-0.25, -0.2) is 0 Å². The van der Waals surface area contributed by atoms with Crippen molar-refractivity contribution in [2.75, 3.05) is 41.3 Å². The third kappa shape index (κ3) is 4.79. The van der Waals surface area contributed by atoms with Gasteiger partial charge in [-0.3, -0.25) is 4.79 Å². The normalized spacial score (nSPS) is 10.7. The van der Waals surface area contributed by atoms with E-state index in [0.717, 1.165) is 10.6 Å². The molecule has 0 atom stereocenters.